The van der Waals surface area contributed by atoms with E-state index in [-0.39, 0.29) is 17.2 Å². The minimum Gasteiger partial charge on any atom is -0.423 e. The van der Waals surface area contributed by atoms with Crippen molar-refractivity contribution in [2.24, 2.45) is 0 Å². The molecule has 4 heterocycles. The minimum absolute atomic E-state index is 0.0564. The first-order chi connectivity index (χ1) is 16.7. The summed E-state index contributed by atoms with van der Waals surface area (Å²) in [6, 6.07) is 9.96. The summed E-state index contributed by atoms with van der Waals surface area (Å²) < 4.78 is 7.63. The van der Waals surface area contributed by atoms with Crippen molar-refractivity contribution in [2.75, 3.05) is 36.4 Å². The summed E-state index contributed by atoms with van der Waals surface area (Å²) in [5.74, 6) is 0.383. The number of hydrogen-bond acceptors (Lipinski definition) is 9. The van der Waals surface area contributed by atoms with Crippen LogP contribution in [0.4, 0.5) is 17.7 Å². The lowest BCUT2D eigenvalue weighted by atomic mass is 10.2. The third-order valence-electron chi connectivity index (χ3n) is 6.60. The number of oxazole rings is 1. The van der Waals surface area contributed by atoms with Gasteiger partial charge in [-0.2, -0.15) is 15.2 Å². The lowest BCUT2D eigenvalue weighted by molar-refractivity contribution is 0.515. The van der Waals surface area contributed by atoms with Crippen LogP contribution in [0.25, 0.3) is 22.1 Å². The molecule has 0 spiro atoms. The van der Waals surface area contributed by atoms with Crippen molar-refractivity contribution in [1.82, 2.24) is 24.8 Å². The van der Waals surface area contributed by atoms with Crippen molar-refractivity contribution in [3.63, 3.8) is 0 Å². The molecule has 1 aromatic carbocycles. The predicted molar refractivity (Wildman–Crippen MR) is 128 cm³/mol. The number of rotatable bonds is 4. The Morgan fingerprint density at radius 1 is 1.15 bits per heavy atom. The van der Waals surface area contributed by atoms with Gasteiger partial charge in [0.2, 0.25) is 5.95 Å². The zero-order valence-electron chi connectivity index (χ0n) is 18.6. The largest absolute Gasteiger partial charge is 0.423 e. The number of anilines is 3. The summed E-state index contributed by atoms with van der Waals surface area (Å²) in [7, 11) is 0. The molecular formula is C24H24N8O2. The van der Waals surface area contributed by atoms with Crippen molar-refractivity contribution in [1.29, 1.82) is 5.26 Å². The van der Waals surface area contributed by atoms with Gasteiger partial charge in [-0.15, -0.1) is 0 Å². The van der Waals surface area contributed by atoms with Gasteiger partial charge >= 0.3 is 0 Å². The fourth-order valence-electron chi connectivity index (χ4n) is 4.88. The fraction of sp³-hybridized carbons (Fsp3) is 0.375. The molecule has 2 N–H and O–H groups in total. The van der Waals surface area contributed by atoms with Gasteiger partial charge in [0.05, 0.1) is 0 Å². The van der Waals surface area contributed by atoms with Crippen LogP contribution < -0.4 is 21.1 Å². The van der Waals surface area contributed by atoms with E-state index in [1.165, 1.54) is 0 Å². The Bertz CT molecular complexity index is 1470. The second-order valence-electron chi connectivity index (χ2n) is 8.80. The molecule has 34 heavy (non-hydrogen) atoms. The zero-order valence-corrected chi connectivity index (χ0v) is 18.6. The average molecular weight is 457 g/mol. The topological polar surface area (TPSA) is 125 Å². The van der Waals surface area contributed by atoms with Crippen molar-refractivity contribution < 1.29 is 4.42 Å². The van der Waals surface area contributed by atoms with Crippen LogP contribution in [-0.2, 0) is 0 Å². The maximum atomic E-state index is 13.0. The molecule has 0 amide bonds. The van der Waals surface area contributed by atoms with Gasteiger partial charge < -0.3 is 20.0 Å². The predicted octanol–water partition coefficient (Wildman–Crippen LogP) is 3.07. The Hall–Kier alpha value is -3.97. The number of hydrogen-bond donors (Lipinski definition) is 2. The molecule has 0 unspecified atom stereocenters. The van der Waals surface area contributed by atoms with Crippen LogP contribution in [0.15, 0.2) is 39.7 Å². The van der Waals surface area contributed by atoms with E-state index in [0.717, 1.165) is 68.6 Å². The van der Waals surface area contributed by atoms with E-state index in [0.29, 0.717) is 23.0 Å². The smallest absolute Gasteiger partial charge is 0.298 e. The highest BCUT2D eigenvalue weighted by Crippen LogP contribution is 2.31. The van der Waals surface area contributed by atoms with Crippen LogP contribution in [-0.4, -0.2) is 45.7 Å². The van der Waals surface area contributed by atoms with Crippen molar-refractivity contribution in [3.8, 4) is 6.07 Å². The molecule has 0 radical (unpaired) electrons. The van der Waals surface area contributed by atoms with E-state index >= 15 is 0 Å². The summed E-state index contributed by atoms with van der Waals surface area (Å²) >= 11 is 0. The summed E-state index contributed by atoms with van der Waals surface area (Å²) in [5.41, 5.74) is 2.64. The van der Waals surface area contributed by atoms with Gasteiger partial charge in [-0.05, 0) is 37.1 Å². The van der Waals surface area contributed by atoms with Gasteiger partial charge in [-0.25, -0.2) is 4.98 Å². The van der Waals surface area contributed by atoms with Gasteiger partial charge in [0.15, 0.2) is 5.58 Å². The first-order valence-electron chi connectivity index (χ1n) is 11.7. The number of fused-ring (bicyclic) bond motifs is 2. The molecule has 2 aliphatic rings. The highest BCUT2D eigenvalue weighted by atomic mass is 16.4. The van der Waals surface area contributed by atoms with Crippen LogP contribution in [0.1, 0.15) is 37.3 Å². The monoisotopic (exact) mass is 456 g/mol. The first kappa shape index (κ1) is 20.6. The average Bonchev–Trinajstić information content (AvgIpc) is 3.54. The van der Waals surface area contributed by atoms with Crippen LogP contribution in [0, 0.1) is 11.3 Å². The Labute approximate surface area is 195 Å². The normalized spacial score (nSPS) is 16.9. The van der Waals surface area contributed by atoms with Crippen LogP contribution >= 0.6 is 0 Å². The van der Waals surface area contributed by atoms with Gasteiger partial charge in [0.1, 0.15) is 22.8 Å². The third kappa shape index (κ3) is 3.64. The second-order valence-corrected chi connectivity index (χ2v) is 8.80. The van der Waals surface area contributed by atoms with E-state index in [2.05, 4.69) is 30.5 Å². The number of nitrogens with zero attached hydrogens (tertiary/aromatic N) is 6. The number of aromatic nitrogens is 4. The number of piperazine rings is 1. The molecule has 1 aliphatic carbocycles. The Morgan fingerprint density at radius 3 is 2.76 bits per heavy atom. The SMILES string of the molecule is N#Cc1cc2cnc(Nc3ccc4oc(N5CCNCC5)nc4c3)nc2n(C2CCCC2)c1=O. The summed E-state index contributed by atoms with van der Waals surface area (Å²) in [6.07, 6.45) is 5.62. The molecule has 6 rings (SSSR count). The van der Waals surface area contributed by atoms with Crippen LogP contribution in [0.3, 0.4) is 0 Å². The van der Waals surface area contributed by atoms with E-state index < -0.39 is 0 Å². The van der Waals surface area contributed by atoms with Crippen molar-refractivity contribution in [3.05, 3.63) is 46.4 Å². The Morgan fingerprint density at radius 2 is 1.97 bits per heavy atom. The van der Waals surface area contributed by atoms with Crippen molar-refractivity contribution in [2.45, 2.75) is 31.7 Å². The standard InChI is InChI=1S/C24H24N8O2/c25-13-15-11-16-14-27-23(30-21(16)32(22(15)33)18-3-1-2-4-18)28-17-5-6-20-19(12-17)29-24(34-20)31-9-7-26-8-10-31/h5-6,11-12,14,18,26H,1-4,7-10H2,(H,27,28,30). The highest BCUT2D eigenvalue weighted by molar-refractivity contribution is 5.81. The first-order valence-corrected chi connectivity index (χ1v) is 11.7. The molecule has 4 aromatic rings. The molecule has 3 aromatic heterocycles. The van der Waals surface area contributed by atoms with Gasteiger partial charge in [-0.1, -0.05) is 12.8 Å². The molecule has 2 fully saturated rings. The number of benzene rings is 1. The van der Waals surface area contributed by atoms with Gasteiger partial charge in [-0.3, -0.25) is 9.36 Å². The molecule has 172 valence electrons. The lowest BCUT2D eigenvalue weighted by Crippen LogP contribution is -2.43. The molecular weight excluding hydrogens is 432 g/mol. The molecule has 10 heteroatoms. The van der Waals surface area contributed by atoms with E-state index in [9.17, 15) is 10.1 Å². The molecule has 0 bridgehead atoms. The fourth-order valence-corrected chi connectivity index (χ4v) is 4.88. The Balaban J connectivity index is 1.35. The number of pyridine rings is 1. The number of nitriles is 1. The van der Waals surface area contributed by atoms with E-state index in [1.807, 2.05) is 24.3 Å². The third-order valence-corrected chi connectivity index (χ3v) is 6.60. The van der Waals surface area contributed by atoms with Gasteiger partial charge in [0.25, 0.3) is 11.6 Å². The molecule has 1 saturated heterocycles. The van der Waals surface area contributed by atoms with E-state index in [1.54, 1.807) is 16.8 Å². The molecule has 0 atom stereocenters. The van der Waals surface area contributed by atoms with Crippen LogP contribution in [0.2, 0.25) is 0 Å². The zero-order chi connectivity index (χ0) is 23.1. The second kappa shape index (κ2) is 8.43. The molecule has 1 saturated carbocycles. The number of nitrogens with one attached hydrogen (secondary N) is 2. The van der Waals surface area contributed by atoms with Gasteiger partial charge in [0, 0.05) is 49.5 Å². The van der Waals surface area contributed by atoms with E-state index in [4.69, 9.17) is 4.42 Å². The molecule has 1 aliphatic heterocycles. The summed E-state index contributed by atoms with van der Waals surface area (Å²) in [4.78, 5) is 28.9. The van der Waals surface area contributed by atoms with Crippen LogP contribution in [0.5, 0.6) is 0 Å². The summed E-state index contributed by atoms with van der Waals surface area (Å²) in [6.45, 7) is 3.54. The molecule has 10 nitrogen and oxygen atoms in total. The van der Waals surface area contributed by atoms with Crippen molar-refractivity contribution >= 4 is 39.8 Å². The lowest BCUT2D eigenvalue weighted by Gasteiger charge is -2.25. The summed E-state index contributed by atoms with van der Waals surface area (Å²) in [5, 5.41) is 16.7. The quantitative estimate of drug-likeness (QED) is 0.476. The maximum Gasteiger partial charge on any atom is 0.298 e. The minimum atomic E-state index is -0.281. The maximum absolute atomic E-state index is 13.0. The highest BCUT2D eigenvalue weighted by Gasteiger charge is 2.23. The Kier molecular flexibility index (Phi) is 5.11.